The number of aliphatic carboxylic acids is 1. The van der Waals surface area contributed by atoms with Gasteiger partial charge in [0.25, 0.3) is 10.2 Å². The van der Waals surface area contributed by atoms with Crippen molar-refractivity contribution in [2.24, 2.45) is 0 Å². The van der Waals surface area contributed by atoms with Crippen molar-refractivity contribution in [3.8, 4) is 0 Å². The van der Waals surface area contributed by atoms with Gasteiger partial charge in [0.05, 0.1) is 0 Å². The number of rotatable bonds is 6. The molecule has 0 unspecified atom stereocenters. The molecule has 2 aromatic rings. The van der Waals surface area contributed by atoms with Crippen LogP contribution in [0.2, 0.25) is 0 Å². The molecule has 9 heteroatoms. The first-order chi connectivity index (χ1) is 13.8. The number of carbonyl (C=O) groups is 1. The SMILES string of the molecule is O=C(O)[C@@]1(NS(=O)(=O)N2CCN(c3ccc(F)cc3)CC2)C[C@H]1c1ccccc1. The summed E-state index contributed by atoms with van der Waals surface area (Å²) in [6, 6.07) is 15.1. The number of carboxylic acid groups (broad SMARTS) is 1. The molecule has 0 spiro atoms. The van der Waals surface area contributed by atoms with Crippen LogP contribution in [-0.4, -0.2) is 55.5 Å². The lowest BCUT2D eigenvalue weighted by atomic mass is 10.1. The monoisotopic (exact) mass is 419 g/mol. The molecule has 1 saturated carbocycles. The van der Waals surface area contributed by atoms with Crippen molar-refractivity contribution in [1.29, 1.82) is 0 Å². The van der Waals surface area contributed by atoms with Crippen molar-refractivity contribution >= 4 is 21.9 Å². The van der Waals surface area contributed by atoms with Gasteiger partial charge >= 0.3 is 5.97 Å². The summed E-state index contributed by atoms with van der Waals surface area (Å²) in [6.45, 7) is 1.32. The fraction of sp³-hybridized carbons (Fsp3) is 0.350. The molecular weight excluding hydrogens is 397 g/mol. The van der Waals surface area contributed by atoms with Gasteiger partial charge in [0, 0.05) is 37.8 Å². The summed E-state index contributed by atoms with van der Waals surface area (Å²) >= 11 is 0. The number of piperazine rings is 1. The number of halogens is 1. The van der Waals surface area contributed by atoms with Crippen LogP contribution in [0.15, 0.2) is 54.6 Å². The number of benzene rings is 2. The number of nitrogens with one attached hydrogen (secondary N) is 1. The summed E-state index contributed by atoms with van der Waals surface area (Å²) in [5, 5.41) is 9.73. The minimum Gasteiger partial charge on any atom is -0.480 e. The van der Waals surface area contributed by atoms with Gasteiger partial charge in [-0.05, 0) is 36.2 Å². The van der Waals surface area contributed by atoms with Crippen LogP contribution >= 0.6 is 0 Å². The Kier molecular flexibility index (Phi) is 5.05. The highest BCUT2D eigenvalue weighted by atomic mass is 32.2. The Morgan fingerprint density at radius 3 is 2.24 bits per heavy atom. The van der Waals surface area contributed by atoms with Crippen LogP contribution in [0.3, 0.4) is 0 Å². The van der Waals surface area contributed by atoms with Gasteiger partial charge in [0.1, 0.15) is 11.4 Å². The molecular formula is C20H22FN3O4S. The summed E-state index contributed by atoms with van der Waals surface area (Å²) in [6.07, 6.45) is 0.223. The second-order valence-corrected chi connectivity index (χ2v) is 9.08. The van der Waals surface area contributed by atoms with E-state index in [1.54, 1.807) is 12.1 Å². The van der Waals surface area contributed by atoms with Crippen molar-refractivity contribution in [2.45, 2.75) is 17.9 Å². The Morgan fingerprint density at radius 1 is 1.03 bits per heavy atom. The average Bonchev–Trinajstić information content (AvgIpc) is 3.44. The number of carboxylic acids is 1. The quantitative estimate of drug-likeness (QED) is 0.745. The summed E-state index contributed by atoms with van der Waals surface area (Å²) in [5.74, 6) is -1.88. The smallest absolute Gasteiger partial charge is 0.325 e. The molecule has 2 atom stereocenters. The summed E-state index contributed by atoms with van der Waals surface area (Å²) in [5.41, 5.74) is 0.123. The molecule has 154 valence electrons. The Hall–Kier alpha value is -2.49. The van der Waals surface area contributed by atoms with Gasteiger partial charge < -0.3 is 10.0 Å². The number of anilines is 1. The van der Waals surface area contributed by atoms with Crippen LogP contribution in [0.5, 0.6) is 0 Å². The molecule has 4 rings (SSSR count). The van der Waals surface area contributed by atoms with E-state index in [0.29, 0.717) is 13.1 Å². The maximum atomic E-state index is 13.1. The van der Waals surface area contributed by atoms with E-state index < -0.39 is 27.6 Å². The molecule has 7 nitrogen and oxygen atoms in total. The summed E-state index contributed by atoms with van der Waals surface area (Å²) in [7, 11) is -3.96. The molecule has 2 N–H and O–H groups in total. The van der Waals surface area contributed by atoms with Crippen molar-refractivity contribution in [3.05, 3.63) is 66.0 Å². The van der Waals surface area contributed by atoms with Gasteiger partial charge in [-0.1, -0.05) is 30.3 Å². The molecule has 0 aromatic heterocycles. The molecule has 2 aliphatic rings. The predicted octanol–water partition coefficient (Wildman–Crippen LogP) is 1.79. The fourth-order valence-corrected chi connectivity index (χ4v) is 5.42. The highest BCUT2D eigenvalue weighted by Crippen LogP contribution is 2.52. The standard InChI is InChI=1S/C20H22FN3O4S/c21-16-6-8-17(9-7-16)23-10-12-24(13-11-23)29(27,28)22-20(19(25)26)14-18(20)15-4-2-1-3-5-15/h1-9,18,22H,10-14H2,(H,25,26)/t18-,20+/m0/s1. The van der Waals surface area contributed by atoms with Crippen LogP contribution in [-0.2, 0) is 15.0 Å². The van der Waals surface area contributed by atoms with Crippen molar-refractivity contribution in [2.75, 3.05) is 31.1 Å². The first-order valence-corrected chi connectivity index (χ1v) is 10.8. The highest BCUT2D eigenvalue weighted by molar-refractivity contribution is 7.87. The Bertz CT molecular complexity index is 992. The van der Waals surface area contributed by atoms with E-state index in [1.807, 2.05) is 35.2 Å². The molecule has 0 amide bonds. The zero-order chi connectivity index (χ0) is 20.6. The van der Waals surface area contributed by atoms with E-state index in [9.17, 15) is 22.7 Å². The van der Waals surface area contributed by atoms with E-state index in [0.717, 1.165) is 11.3 Å². The highest BCUT2D eigenvalue weighted by Gasteiger charge is 2.63. The third kappa shape index (κ3) is 3.85. The van der Waals surface area contributed by atoms with Crippen LogP contribution < -0.4 is 9.62 Å². The molecule has 0 radical (unpaired) electrons. The lowest BCUT2D eigenvalue weighted by Crippen LogP contribution is -2.56. The maximum absolute atomic E-state index is 13.1. The first kappa shape index (κ1) is 19.8. The molecule has 2 aromatic carbocycles. The van der Waals surface area contributed by atoms with Gasteiger partial charge in [-0.15, -0.1) is 0 Å². The van der Waals surface area contributed by atoms with E-state index in [1.165, 1.54) is 16.4 Å². The van der Waals surface area contributed by atoms with Crippen LogP contribution in [0, 0.1) is 5.82 Å². The number of hydrogen-bond donors (Lipinski definition) is 2. The van der Waals surface area contributed by atoms with E-state index >= 15 is 0 Å². The third-order valence-corrected chi connectivity index (χ3v) is 7.29. The average molecular weight is 419 g/mol. The second-order valence-electron chi connectivity index (χ2n) is 7.41. The van der Waals surface area contributed by atoms with Gasteiger partial charge in [-0.2, -0.15) is 17.4 Å². The Labute approximate surface area is 168 Å². The maximum Gasteiger partial charge on any atom is 0.325 e. The molecule has 1 saturated heterocycles. The van der Waals surface area contributed by atoms with Crippen molar-refractivity contribution in [1.82, 2.24) is 9.03 Å². The minimum atomic E-state index is -3.96. The number of hydrogen-bond acceptors (Lipinski definition) is 4. The van der Waals surface area contributed by atoms with Crippen molar-refractivity contribution < 1.29 is 22.7 Å². The van der Waals surface area contributed by atoms with E-state index in [2.05, 4.69) is 4.72 Å². The third-order valence-electron chi connectivity index (χ3n) is 5.63. The Morgan fingerprint density at radius 2 is 1.66 bits per heavy atom. The van der Waals surface area contributed by atoms with Crippen LogP contribution in [0.25, 0.3) is 0 Å². The zero-order valence-electron chi connectivity index (χ0n) is 15.7. The fourth-order valence-electron chi connectivity index (χ4n) is 3.88. The normalized spacial score (nSPS) is 25.0. The van der Waals surface area contributed by atoms with E-state index in [4.69, 9.17) is 0 Å². The van der Waals surface area contributed by atoms with Crippen LogP contribution in [0.1, 0.15) is 17.9 Å². The van der Waals surface area contributed by atoms with Gasteiger partial charge in [-0.3, -0.25) is 4.79 Å². The largest absolute Gasteiger partial charge is 0.480 e. The van der Waals surface area contributed by atoms with Gasteiger partial charge in [-0.25, -0.2) is 4.39 Å². The second kappa shape index (κ2) is 7.40. The summed E-state index contributed by atoms with van der Waals surface area (Å²) < 4.78 is 42.6. The van der Waals surface area contributed by atoms with Crippen molar-refractivity contribution in [3.63, 3.8) is 0 Å². The topological polar surface area (TPSA) is 89.9 Å². The molecule has 29 heavy (non-hydrogen) atoms. The van der Waals surface area contributed by atoms with Crippen LogP contribution in [0.4, 0.5) is 10.1 Å². The minimum absolute atomic E-state index is 0.221. The van der Waals surface area contributed by atoms with Gasteiger partial charge in [0.2, 0.25) is 0 Å². The molecule has 1 heterocycles. The van der Waals surface area contributed by atoms with Gasteiger partial charge in [0.15, 0.2) is 0 Å². The predicted molar refractivity (Wildman–Crippen MR) is 106 cm³/mol. The Balaban J connectivity index is 1.44. The summed E-state index contributed by atoms with van der Waals surface area (Å²) in [4.78, 5) is 13.9. The first-order valence-electron chi connectivity index (χ1n) is 9.40. The molecule has 1 aliphatic carbocycles. The lowest BCUT2D eigenvalue weighted by molar-refractivity contribution is -0.140. The lowest BCUT2D eigenvalue weighted by Gasteiger charge is -2.36. The number of nitrogens with zero attached hydrogens (tertiary/aromatic N) is 2. The molecule has 2 fully saturated rings. The van der Waals surface area contributed by atoms with E-state index in [-0.39, 0.29) is 25.3 Å². The molecule has 0 bridgehead atoms. The molecule has 1 aliphatic heterocycles. The zero-order valence-corrected chi connectivity index (χ0v) is 16.5.